The van der Waals surface area contributed by atoms with Crippen LogP contribution in [0, 0.1) is 17.6 Å². The van der Waals surface area contributed by atoms with Gasteiger partial charge in [-0.25, -0.2) is 18.6 Å². The molecular formula is C30H30F2N6O3. The van der Waals surface area contributed by atoms with Gasteiger partial charge in [-0.2, -0.15) is 0 Å². The lowest BCUT2D eigenvalue weighted by Crippen LogP contribution is -2.26. The van der Waals surface area contributed by atoms with Gasteiger partial charge in [-0.1, -0.05) is 0 Å². The molecule has 0 amide bonds. The molecule has 1 unspecified atom stereocenters. The quantitative estimate of drug-likeness (QED) is 0.322. The van der Waals surface area contributed by atoms with Crippen LogP contribution >= 0.6 is 0 Å². The molecule has 0 bridgehead atoms. The highest BCUT2D eigenvalue weighted by Crippen LogP contribution is 2.50. The standard InChI is InChI=1S/C30H30F2N6O3/c1-33-22-9-21(31)26(32)24-17(22)8-23-25(24)27(38-6-5-15(13-38)12-36(2)3)19(11-34-23)16-7-18-28(39)20(30(40)41)14-37(4)29(18)35-10-16/h7,9-11,14-15,33H,5-6,8,12-13H2,1-4H3,(H,40,41). The highest BCUT2D eigenvalue weighted by Gasteiger charge is 2.36. The van der Waals surface area contributed by atoms with E-state index < -0.39 is 23.0 Å². The average Bonchev–Trinajstić information content (AvgIpc) is 3.56. The SMILES string of the molecule is CNc1cc(F)c(F)c2c1Cc1ncc(-c3cnc4c(c3)c(=O)c(C(=O)O)cn4C)c(N3CCC(CN(C)C)C3)c1-2. The van der Waals surface area contributed by atoms with Crippen LogP contribution in [0.2, 0.25) is 0 Å². The van der Waals surface area contributed by atoms with Crippen LogP contribution in [-0.4, -0.2) is 71.3 Å². The molecule has 3 aromatic heterocycles. The first-order chi connectivity index (χ1) is 19.6. The van der Waals surface area contributed by atoms with Crippen molar-refractivity contribution in [2.45, 2.75) is 12.8 Å². The molecule has 2 aliphatic rings. The molecule has 0 spiro atoms. The van der Waals surface area contributed by atoms with E-state index in [1.807, 2.05) is 14.1 Å². The number of nitrogens with zero attached hydrogens (tertiary/aromatic N) is 5. The van der Waals surface area contributed by atoms with Crippen molar-refractivity contribution < 1.29 is 18.7 Å². The Morgan fingerprint density at radius 3 is 2.68 bits per heavy atom. The summed E-state index contributed by atoms with van der Waals surface area (Å²) < 4.78 is 32.0. The first-order valence-corrected chi connectivity index (χ1v) is 13.4. The largest absolute Gasteiger partial charge is 0.477 e. The summed E-state index contributed by atoms with van der Waals surface area (Å²) in [5.74, 6) is -2.82. The summed E-state index contributed by atoms with van der Waals surface area (Å²) in [6.07, 6.45) is 5.83. The molecule has 6 rings (SSSR count). The second-order valence-corrected chi connectivity index (χ2v) is 11.1. The van der Waals surface area contributed by atoms with Crippen LogP contribution < -0.4 is 15.6 Å². The van der Waals surface area contributed by atoms with Crippen molar-refractivity contribution in [2.24, 2.45) is 13.0 Å². The fourth-order valence-corrected chi connectivity index (χ4v) is 6.34. The van der Waals surface area contributed by atoms with E-state index in [2.05, 4.69) is 20.1 Å². The lowest BCUT2D eigenvalue weighted by Gasteiger charge is -2.26. The molecule has 0 radical (unpaired) electrons. The van der Waals surface area contributed by atoms with E-state index in [0.29, 0.717) is 70.4 Å². The number of fused-ring (bicyclic) bond motifs is 4. The molecule has 9 nitrogen and oxygen atoms in total. The molecule has 41 heavy (non-hydrogen) atoms. The van der Waals surface area contributed by atoms with Crippen molar-refractivity contribution in [3.8, 4) is 22.3 Å². The van der Waals surface area contributed by atoms with Crippen LogP contribution in [0.25, 0.3) is 33.3 Å². The van der Waals surface area contributed by atoms with Gasteiger partial charge in [0.05, 0.1) is 16.8 Å². The highest BCUT2D eigenvalue weighted by atomic mass is 19.2. The zero-order chi connectivity index (χ0) is 29.2. The van der Waals surface area contributed by atoms with Gasteiger partial charge in [0.2, 0.25) is 5.43 Å². The molecule has 1 fully saturated rings. The summed E-state index contributed by atoms with van der Waals surface area (Å²) in [5, 5.41) is 12.7. The fourth-order valence-electron chi connectivity index (χ4n) is 6.34. The molecule has 1 atom stereocenters. The average molecular weight is 561 g/mol. The monoisotopic (exact) mass is 560 g/mol. The summed E-state index contributed by atoms with van der Waals surface area (Å²) in [6, 6.07) is 2.79. The van der Waals surface area contributed by atoms with Crippen LogP contribution in [-0.2, 0) is 13.5 Å². The number of hydrogen-bond acceptors (Lipinski definition) is 7. The Kier molecular flexibility index (Phi) is 6.49. The van der Waals surface area contributed by atoms with Crippen LogP contribution in [0.4, 0.5) is 20.2 Å². The maximum atomic E-state index is 15.6. The first kappa shape index (κ1) is 26.8. The van der Waals surface area contributed by atoms with E-state index in [1.54, 1.807) is 32.6 Å². The topological polar surface area (TPSA) is 104 Å². The van der Waals surface area contributed by atoms with E-state index >= 15 is 4.39 Å². The van der Waals surface area contributed by atoms with Gasteiger partial charge in [-0.3, -0.25) is 9.78 Å². The van der Waals surface area contributed by atoms with Gasteiger partial charge in [0.25, 0.3) is 0 Å². The number of hydrogen-bond donors (Lipinski definition) is 2. The van der Waals surface area contributed by atoms with Gasteiger partial charge >= 0.3 is 5.97 Å². The highest BCUT2D eigenvalue weighted by molar-refractivity contribution is 5.98. The van der Waals surface area contributed by atoms with Gasteiger partial charge < -0.3 is 24.8 Å². The van der Waals surface area contributed by atoms with Crippen LogP contribution in [0.5, 0.6) is 0 Å². The third-order valence-electron chi connectivity index (χ3n) is 8.10. The molecule has 4 aromatic rings. The second kappa shape index (κ2) is 9.91. The minimum atomic E-state index is -1.32. The Labute approximate surface area is 235 Å². The first-order valence-electron chi connectivity index (χ1n) is 13.4. The third kappa shape index (κ3) is 4.31. The van der Waals surface area contributed by atoms with E-state index in [-0.39, 0.29) is 16.5 Å². The molecule has 1 aliphatic heterocycles. The number of halogens is 2. The van der Waals surface area contributed by atoms with Crippen molar-refractivity contribution in [1.82, 2.24) is 19.4 Å². The third-order valence-corrected chi connectivity index (χ3v) is 8.10. The summed E-state index contributed by atoms with van der Waals surface area (Å²) in [5.41, 5.74) is 3.76. The number of aromatic nitrogens is 3. The van der Waals surface area contributed by atoms with E-state index in [9.17, 15) is 19.1 Å². The van der Waals surface area contributed by atoms with Crippen LogP contribution in [0.15, 0.2) is 35.5 Å². The summed E-state index contributed by atoms with van der Waals surface area (Å²) in [4.78, 5) is 38.4. The molecule has 2 N–H and O–H groups in total. The number of carboxylic acids is 1. The summed E-state index contributed by atoms with van der Waals surface area (Å²) >= 11 is 0. The van der Waals surface area contributed by atoms with Gasteiger partial charge in [0, 0.05) is 92.7 Å². The van der Waals surface area contributed by atoms with Crippen molar-refractivity contribution in [3.63, 3.8) is 0 Å². The second-order valence-electron chi connectivity index (χ2n) is 11.1. The number of carboxylic acid groups (broad SMARTS) is 1. The van der Waals surface area contributed by atoms with Crippen molar-refractivity contribution >= 4 is 28.4 Å². The maximum Gasteiger partial charge on any atom is 0.341 e. The van der Waals surface area contributed by atoms with Crippen molar-refractivity contribution in [1.29, 1.82) is 0 Å². The Bertz CT molecular complexity index is 1800. The molecule has 0 saturated carbocycles. The fraction of sp³-hybridized carbons (Fsp3) is 0.333. The lowest BCUT2D eigenvalue weighted by molar-refractivity contribution is 0.0695. The zero-order valence-electron chi connectivity index (χ0n) is 23.3. The number of pyridine rings is 3. The van der Waals surface area contributed by atoms with Crippen LogP contribution in [0.3, 0.4) is 0 Å². The van der Waals surface area contributed by atoms with E-state index in [0.717, 1.165) is 13.0 Å². The summed E-state index contributed by atoms with van der Waals surface area (Å²) in [7, 11) is 7.36. The minimum Gasteiger partial charge on any atom is -0.477 e. The summed E-state index contributed by atoms with van der Waals surface area (Å²) in [6.45, 7) is 2.30. The number of anilines is 2. The maximum absolute atomic E-state index is 15.6. The molecule has 11 heteroatoms. The molecule has 1 saturated heterocycles. The molecule has 212 valence electrons. The zero-order valence-corrected chi connectivity index (χ0v) is 23.3. The normalized spacial score (nSPS) is 16.0. The van der Waals surface area contributed by atoms with E-state index in [4.69, 9.17) is 4.98 Å². The molecule has 4 heterocycles. The Balaban J connectivity index is 1.62. The predicted molar refractivity (Wildman–Crippen MR) is 154 cm³/mol. The van der Waals surface area contributed by atoms with Gasteiger partial charge in [-0.15, -0.1) is 0 Å². The number of benzene rings is 1. The molecular weight excluding hydrogens is 530 g/mol. The number of rotatable bonds is 6. The lowest BCUT2D eigenvalue weighted by atomic mass is 9.97. The van der Waals surface area contributed by atoms with Gasteiger partial charge in [0.15, 0.2) is 11.6 Å². The Hall–Kier alpha value is -4.38. The van der Waals surface area contributed by atoms with E-state index in [1.165, 1.54) is 16.8 Å². The smallest absolute Gasteiger partial charge is 0.341 e. The van der Waals surface area contributed by atoms with Crippen molar-refractivity contribution in [2.75, 3.05) is 51.0 Å². The Morgan fingerprint density at radius 1 is 1.20 bits per heavy atom. The van der Waals surface area contributed by atoms with Gasteiger partial charge in [0.1, 0.15) is 11.2 Å². The predicted octanol–water partition coefficient (Wildman–Crippen LogP) is 3.97. The number of aryl methyl sites for hydroxylation is 1. The number of carbonyl (C=O) groups is 1. The number of nitrogens with one attached hydrogen (secondary N) is 1. The molecule has 1 aliphatic carbocycles. The minimum absolute atomic E-state index is 0.151. The van der Waals surface area contributed by atoms with Gasteiger partial charge in [-0.05, 0) is 38.1 Å². The molecule has 1 aromatic carbocycles. The van der Waals surface area contributed by atoms with Crippen LogP contribution in [0.1, 0.15) is 28.0 Å². The van der Waals surface area contributed by atoms with Crippen molar-refractivity contribution in [3.05, 3.63) is 69.4 Å². The number of aromatic carboxylic acids is 1. The Morgan fingerprint density at radius 2 is 1.98 bits per heavy atom.